The molecule has 176 valence electrons. The molecule has 1 aromatic carbocycles. The second-order valence-electron chi connectivity index (χ2n) is 9.75. The predicted octanol–water partition coefficient (Wildman–Crippen LogP) is 5.23. The predicted molar refractivity (Wildman–Crippen MR) is 121 cm³/mol. The summed E-state index contributed by atoms with van der Waals surface area (Å²) in [5.74, 6) is 2.05. The molecule has 0 spiro atoms. The number of benzene rings is 1. The van der Waals surface area contributed by atoms with E-state index < -0.39 is 11.6 Å². The molecule has 2 aromatic rings. The van der Waals surface area contributed by atoms with Gasteiger partial charge in [-0.2, -0.15) is 0 Å². The summed E-state index contributed by atoms with van der Waals surface area (Å²) >= 11 is 0. The number of hydrogen-bond donors (Lipinski definition) is 0. The van der Waals surface area contributed by atoms with E-state index in [1.165, 1.54) is 12.1 Å². The van der Waals surface area contributed by atoms with Gasteiger partial charge < -0.3 is 14.2 Å². The van der Waals surface area contributed by atoms with Gasteiger partial charge in [0.05, 0.1) is 0 Å². The molecule has 5 nitrogen and oxygen atoms in total. The van der Waals surface area contributed by atoms with Crippen LogP contribution in [-0.4, -0.2) is 52.5 Å². The van der Waals surface area contributed by atoms with E-state index >= 15 is 0 Å². The number of aryl methyl sites for hydroxylation is 1. The van der Waals surface area contributed by atoms with Crippen molar-refractivity contribution in [3.8, 4) is 0 Å². The summed E-state index contributed by atoms with van der Waals surface area (Å²) in [5.41, 5.74) is 0.797. The van der Waals surface area contributed by atoms with Crippen LogP contribution in [-0.2, 0) is 4.74 Å². The molecule has 32 heavy (non-hydrogen) atoms. The Kier molecular flexibility index (Phi) is 7.56. The van der Waals surface area contributed by atoms with Crippen LogP contribution in [0.1, 0.15) is 81.0 Å². The van der Waals surface area contributed by atoms with Crippen LogP contribution in [0.3, 0.4) is 0 Å². The molecule has 2 saturated heterocycles. The third-order valence-electron chi connectivity index (χ3n) is 7.24. The summed E-state index contributed by atoms with van der Waals surface area (Å²) in [6.07, 6.45) is 4.98. The number of rotatable bonds is 7. The average Bonchev–Trinajstić information content (AvgIpc) is 3.16. The molecule has 0 unspecified atom stereocenters. The molecular weight excluding hydrogens is 410 g/mol. The lowest BCUT2D eigenvalue weighted by molar-refractivity contribution is 0.0545. The molecule has 0 radical (unpaired) electrons. The van der Waals surface area contributed by atoms with Crippen LogP contribution in [0.4, 0.5) is 8.78 Å². The maximum atomic E-state index is 14.0. The number of aromatic nitrogens is 3. The van der Waals surface area contributed by atoms with E-state index in [-0.39, 0.29) is 5.92 Å². The Balaban J connectivity index is 1.39. The molecule has 0 N–H and O–H groups in total. The lowest BCUT2D eigenvalue weighted by Crippen LogP contribution is -2.37. The van der Waals surface area contributed by atoms with Crippen LogP contribution in [0, 0.1) is 24.5 Å². The van der Waals surface area contributed by atoms with Gasteiger partial charge in [-0.15, -0.1) is 10.2 Å². The summed E-state index contributed by atoms with van der Waals surface area (Å²) in [4.78, 5) is 2.51. The highest BCUT2D eigenvalue weighted by Crippen LogP contribution is 2.36. The highest BCUT2D eigenvalue weighted by molar-refractivity contribution is 5.23. The Bertz CT molecular complexity index is 866. The summed E-state index contributed by atoms with van der Waals surface area (Å²) in [6, 6.07) is 4.46. The Morgan fingerprint density at radius 1 is 1.00 bits per heavy atom. The average molecular weight is 447 g/mol. The first kappa shape index (κ1) is 23.3. The van der Waals surface area contributed by atoms with Crippen molar-refractivity contribution in [1.82, 2.24) is 19.7 Å². The van der Waals surface area contributed by atoms with E-state index in [0.717, 1.165) is 88.2 Å². The van der Waals surface area contributed by atoms with Gasteiger partial charge >= 0.3 is 0 Å². The lowest BCUT2D eigenvalue weighted by atomic mass is 9.79. The highest BCUT2D eigenvalue weighted by Gasteiger charge is 2.29. The van der Waals surface area contributed by atoms with Gasteiger partial charge in [0.25, 0.3) is 0 Å². The molecule has 0 saturated carbocycles. The van der Waals surface area contributed by atoms with Crippen molar-refractivity contribution in [2.45, 2.75) is 70.8 Å². The van der Waals surface area contributed by atoms with Crippen molar-refractivity contribution in [3.05, 3.63) is 47.0 Å². The Hall–Kier alpha value is -1.86. The third-order valence-corrected chi connectivity index (χ3v) is 7.24. The maximum Gasteiger partial charge on any atom is 0.135 e. The topological polar surface area (TPSA) is 43.2 Å². The quantitative estimate of drug-likeness (QED) is 0.584. The molecule has 1 aromatic heterocycles. The molecule has 1 atom stereocenters. The minimum Gasteiger partial charge on any atom is -0.381 e. The smallest absolute Gasteiger partial charge is 0.135 e. The number of nitrogens with zero attached hydrogens (tertiary/aromatic N) is 4. The van der Waals surface area contributed by atoms with Crippen molar-refractivity contribution in [3.63, 3.8) is 0 Å². The third kappa shape index (κ3) is 5.37. The van der Waals surface area contributed by atoms with Crippen molar-refractivity contribution in [2.24, 2.45) is 5.92 Å². The van der Waals surface area contributed by atoms with Crippen molar-refractivity contribution < 1.29 is 13.5 Å². The Morgan fingerprint density at radius 2 is 1.66 bits per heavy atom. The van der Waals surface area contributed by atoms with Gasteiger partial charge in [-0.05, 0) is 75.1 Å². The van der Waals surface area contributed by atoms with Crippen LogP contribution in [0.2, 0.25) is 0 Å². The van der Waals surface area contributed by atoms with Crippen LogP contribution < -0.4 is 0 Å². The second-order valence-corrected chi connectivity index (χ2v) is 9.75. The Labute approximate surface area is 190 Å². The maximum absolute atomic E-state index is 14.0. The van der Waals surface area contributed by atoms with Gasteiger partial charge in [0.15, 0.2) is 0 Å². The Morgan fingerprint density at radius 3 is 2.28 bits per heavy atom. The monoisotopic (exact) mass is 446 g/mol. The number of piperidine rings is 1. The summed E-state index contributed by atoms with van der Waals surface area (Å²) in [6.45, 7) is 10.9. The van der Waals surface area contributed by atoms with Gasteiger partial charge in [0.1, 0.15) is 23.3 Å². The second kappa shape index (κ2) is 10.4. The van der Waals surface area contributed by atoms with Crippen molar-refractivity contribution >= 4 is 0 Å². The number of ether oxygens (including phenoxy) is 1. The van der Waals surface area contributed by atoms with E-state index in [2.05, 4.69) is 33.5 Å². The zero-order chi connectivity index (χ0) is 22.7. The van der Waals surface area contributed by atoms with Crippen LogP contribution in [0.25, 0.3) is 0 Å². The number of likely N-dealkylation sites (tertiary alicyclic amines) is 1. The molecule has 4 rings (SSSR count). The molecule has 0 amide bonds. The highest BCUT2D eigenvalue weighted by atomic mass is 19.1. The number of halogens is 2. The molecule has 0 aliphatic carbocycles. The molecule has 0 bridgehead atoms. The van der Waals surface area contributed by atoms with E-state index in [0.29, 0.717) is 17.9 Å². The van der Waals surface area contributed by atoms with Gasteiger partial charge in [0, 0.05) is 44.3 Å². The lowest BCUT2D eigenvalue weighted by Gasteiger charge is -2.36. The summed E-state index contributed by atoms with van der Waals surface area (Å²) < 4.78 is 35.8. The fourth-order valence-corrected chi connectivity index (χ4v) is 5.54. The van der Waals surface area contributed by atoms with Gasteiger partial charge in [-0.25, -0.2) is 8.78 Å². The fourth-order valence-electron chi connectivity index (χ4n) is 5.54. The molecule has 7 heteroatoms. The zero-order valence-electron chi connectivity index (χ0n) is 19.6. The largest absolute Gasteiger partial charge is 0.381 e. The van der Waals surface area contributed by atoms with E-state index in [9.17, 15) is 8.78 Å². The van der Waals surface area contributed by atoms with Crippen LogP contribution in [0.15, 0.2) is 18.2 Å². The first-order chi connectivity index (χ1) is 15.4. The normalized spacial score (nSPS) is 20.2. The first-order valence-electron chi connectivity index (χ1n) is 12.1. The van der Waals surface area contributed by atoms with Crippen molar-refractivity contribution in [2.75, 3.05) is 32.8 Å². The molecule has 2 aliphatic rings. The van der Waals surface area contributed by atoms with Gasteiger partial charge in [-0.3, -0.25) is 0 Å². The van der Waals surface area contributed by atoms with E-state index in [1.54, 1.807) is 0 Å². The molecule has 2 fully saturated rings. The standard InChI is InChI=1S/C25H36F2N4O/c1-17(2)25-29-28-18(3)31(25)23-4-9-30(10-5-23)11-6-24(19-7-12-32-13-8-19)20-14-21(26)16-22(27)15-20/h14-17,19,23-24H,4-13H2,1-3H3/t24-/m1/s1. The van der Waals surface area contributed by atoms with Crippen LogP contribution >= 0.6 is 0 Å². The first-order valence-corrected chi connectivity index (χ1v) is 12.1. The molecule has 3 heterocycles. The SMILES string of the molecule is Cc1nnc(C(C)C)n1C1CCN(CC[C@@H](c2cc(F)cc(F)c2)C2CCOCC2)CC1. The van der Waals surface area contributed by atoms with E-state index in [1.807, 2.05) is 6.92 Å². The minimum absolute atomic E-state index is 0.162. The summed E-state index contributed by atoms with van der Waals surface area (Å²) in [7, 11) is 0. The molecular formula is C25H36F2N4O. The van der Waals surface area contributed by atoms with Crippen LogP contribution in [0.5, 0.6) is 0 Å². The fraction of sp³-hybridized carbons (Fsp3) is 0.680. The number of hydrogen-bond acceptors (Lipinski definition) is 4. The van der Waals surface area contributed by atoms with E-state index in [4.69, 9.17) is 4.74 Å². The van der Waals surface area contributed by atoms with Gasteiger partial charge in [-0.1, -0.05) is 13.8 Å². The zero-order valence-corrected chi connectivity index (χ0v) is 19.6. The van der Waals surface area contributed by atoms with Crippen molar-refractivity contribution in [1.29, 1.82) is 0 Å². The minimum atomic E-state index is -0.483. The molecule has 2 aliphatic heterocycles. The summed E-state index contributed by atoms with van der Waals surface area (Å²) in [5, 5.41) is 8.72. The van der Waals surface area contributed by atoms with Gasteiger partial charge in [0.2, 0.25) is 0 Å².